The Kier molecular flexibility index (Phi) is 6.22. The van der Waals surface area contributed by atoms with E-state index in [1.165, 1.54) is 31.2 Å². The van der Waals surface area contributed by atoms with Crippen molar-refractivity contribution in [2.75, 3.05) is 15.9 Å². The molecule has 154 valence electrons. The summed E-state index contributed by atoms with van der Waals surface area (Å²) in [4.78, 5) is 34.8. The third-order valence-electron chi connectivity index (χ3n) is 4.18. The maximum absolute atomic E-state index is 12.8. The number of carbonyl (C=O) groups is 2. The first-order valence-corrected chi connectivity index (χ1v) is 10.2. The number of primary amides is 1. The molecule has 11 heteroatoms. The van der Waals surface area contributed by atoms with Crippen LogP contribution in [0.3, 0.4) is 0 Å². The highest BCUT2D eigenvalue weighted by Gasteiger charge is 2.31. The normalized spacial score (nSPS) is 12.1. The van der Waals surface area contributed by atoms with Crippen LogP contribution in [0.4, 0.5) is 17.1 Å². The van der Waals surface area contributed by atoms with Gasteiger partial charge in [0.2, 0.25) is 15.9 Å². The molecule has 0 saturated carbocycles. The van der Waals surface area contributed by atoms with Crippen molar-refractivity contribution >= 4 is 38.9 Å². The Morgan fingerprint density at radius 2 is 1.83 bits per heavy atom. The molecule has 0 fully saturated rings. The fourth-order valence-corrected chi connectivity index (χ4v) is 4.00. The summed E-state index contributed by atoms with van der Waals surface area (Å²) in [5.41, 5.74) is 5.60. The molecule has 0 bridgehead atoms. The molecule has 1 unspecified atom stereocenters. The molecule has 1 atom stereocenters. The largest absolute Gasteiger partial charge is 0.366 e. The number of nitro groups is 1. The van der Waals surface area contributed by atoms with E-state index in [0.717, 1.165) is 16.6 Å². The van der Waals surface area contributed by atoms with Gasteiger partial charge in [0.25, 0.3) is 11.6 Å². The Bertz CT molecular complexity index is 1080. The minimum atomic E-state index is -3.99. The lowest BCUT2D eigenvalue weighted by atomic mass is 10.1. The summed E-state index contributed by atoms with van der Waals surface area (Å²) in [5.74, 6) is -1.50. The van der Waals surface area contributed by atoms with Gasteiger partial charge in [-0.05, 0) is 31.5 Å². The van der Waals surface area contributed by atoms with E-state index in [1.54, 1.807) is 19.1 Å². The molecular weight excluding hydrogens is 400 g/mol. The molecule has 29 heavy (non-hydrogen) atoms. The fourth-order valence-electron chi connectivity index (χ4n) is 2.77. The first-order valence-electron chi connectivity index (χ1n) is 8.37. The highest BCUT2D eigenvalue weighted by molar-refractivity contribution is 7.92. The molecule has 0 aliphatic carbocycles. The number of hydrogen-bond donors (Lipinski definition) is 2. The molecule has 0 heterocycles. The number of nitrogens with zero attached hydrogens (tertiary/aromatic N) is 2. The van der Waals surface area contributed by atoms with Crippen LogP contribution < -0.4 is 15.4 Å². The van der Waals surface area contributed by atoms with Gasteiger partial charge in [0, 0.05) is 12.1 Å². The Balaban J connectivity index is 2.47. The van der Waals surface area contributed by atoms with Gasteiger partial charge in [-0.1, -0.05) is 18.2 Å². The number of nitrogens with one attached hydrogen (secondary N) is 1. The predicted molar refractivity (Wildman–Crippen MR) is 108 cm³/mol. The number of sulfonamides is 1. The van der Waals surface area contributed by atoms with E-state index in [9.17, 15) is 28.1 Å². The molecule has 2 aromatic carbocycles. The number of amides is 2. The zero-order valence-corrected chi connectivity index (χ0v) is 16.8. The average molecular weight is 420 g/mol. The van der Waals surface area contributed by atoms with Gasteiger partial charge in [-0.2, -0.15) is 0 Å². The first-order chi connectivity index (χ1) is 13.4. The summed E-state index contributed by atoms with van der Waals surface area (Å²) in [7, 11) is -3.99. The molecule has 2 aromatic rings. The van der Waals surface area contributed by atoms with Gasteiger partial charge < -0.3 is 11.1 Å². The topological polar surface area (TPSA) is 153 Å². The van der Waals surface area contributed by atoms with Gasteiger partial charge in [-0.3, -0.25) is 24.0 Å². The molecule has 0 radical (unpaired) electrons. The Labute approximate surface area is 167 Å². The quantitative estimate of drug-likeness (QED) is 0.514. The van der Waals surface area contributed by atoms with Crippen LogP contribution in [0, 0.1) is 17.0 Å². The van der Waals surface area contributed by atoms with E-state index >= 15 is 0 Å². The smallest absolute Gasteiger partial charge is 0.271 e. The van der Waals surface area contributed by atoms with Crippen molar-refractivity contribution in [2.24, 2.45) is 5.73 Å². The van der Waals surface area contributed by atoms with Crippen LogP contribution in [0.2, 0.25) is 0 Å². The summed E-state index contributed by atoms with van der Waals surface area (Å²) < 4.78 is 25.7. The molecular formula is C18H20N4O6S. The third-order valence-corrected chi connectivity index (χ3v) is 5.41. The lowest BCUT2D eigenvalue weighted by Gasteiger charge is -2.29. The van der Waals surface area contributed by atoms with Crippen molar-refractivity contribution in [1.29, 1.82) is 0 Å². The summed E-state index contributed by atoms with van der Waals surface area (Å²) in [6, 6.07) is 8.48. The fraction of sp³-hybridized carbons (Fsp3) is 0.222. The second-order valence-corrected chi connectivity index (χ2v) is 8.22. The van der Waals surface area contributed by atoms with Crippen LogP contribution in [0.5, 0.6) is 0 Å². The maximum atomic E-state index is 12.8. The second-order valence-electron chi connectivity index (χ2n) is 6.36. The minimum absolute atomic E-state index is 0.00698. The van der Waals surface area contributed by atoms with Gasteiger partial charge in [0.15, 0.2) is 0 Å². The number of nitro benzene ring substituents is 1. The number of nitrogens with two attached hydrogens (primary N) is 1. The van der Waals surface area contributed by atoms with E-state index in [4.69, 9.17) is 5.73 Å². The molecule has 0 saturated heterocycles. The van der Waals surface area contributed by atoms with Crippen molar-refractivity contribution in [3.8, 4) is 0 Å². The average Bonchev–Trinajstić information content (AvgIpc) is 2.62. The van der Waals surface area contributed by atoms with Gasteiger partial charge in [0.05, 0.1) is 28.1 Å². The monoisotopic (exact) mass is 420 g/mol. The summed E-state index contributed by atoms with van der Waals surface area (Å²) in [6.45, 7) is 2.91. The third kappa shape index (κ3) is 4.88. The Hall–Kier alpha value is -3.47. The first kappa shape index (κ1) is 21.8. The van der Waals surface area contributed by atoms with Crippen LogP contribution in [-0.2, 0) is 14.8 Å². The lowest BCUT2D eigenvalue weighted by molar-refractivity contribution is -0.384. The predicted octanol–water partition coefficient (Wildman–Crippen LogP) is 1.80. The van der Waals surface area contributed by atoms with Crippen LogP contribution >= 0.6 is 0 Å². The second kappa shape index (κ2) is 8.27. The van der Waals surface area contributed by atoms with E-state index in [-0.39, 0.29) is 22.6 Å². The van der Waals surface area contributed by atoms with E-state index in [0.29, 0.717) is 5.56 Å². The van der Waals surface area contributed by atoms with E-state index in [2.05, 4.69) is 5.32 Å². The number of para-hydroxylation sites is 1. The molecule has 10 nitrogen and oxygen atoms in total. The molecule has 2 rings (SSSR count). The molecule has 0 spiro atoms. The number of non-ortho nitro benzene ring substituents is 1. The van der Waals surface area contributed by atoms with Gasteiger partial charge in [0.1, 0.15) is 6.04 Å². The maximum Gasteiger partial charge on any atom is 0.271 e. The molecule has 3 N–H and O–H groups in total. The molecule has 0 aromatic heterocycles. The number of carbonyl (C=O) groups excluding carboxylic acids is 2. The van der Waals surface area contributed by atoms with E-state index < -0.39 is 32.8 Å². The molecule has 2 amide bonds. The highest BCUT2D eigenvalue weighted by Crippen LogP contribution is 2.29. The number of aryl methyl sites for hydroxylation is 1. The molecule has 0 aliphatic heterocycles. The van der Waals surface area contributed by atoms with Crippen molar-refractivity contribution < 1.29 is 22.9 Å². The SMILES string of the molecule is Cc1ccc([N+](=O)[O-])cc1N(C(C)C(=O)Nc1ccccc1C(N)=O)S(C)(=O)=O. The van der Waals surface area contributed by atoms with Crippen LogP contribution in [0.15, 0.2) is 42.5 Å². The van der Waals surface area contributed by atoms with E-state index in [1.807, 2.05) is 0 Å². The minimum Gasteiger partial charge on any atom is -0.366 e. The number of hydrogen-bond acceptors (Lipinski definition) is 6. The van der Waals surface area contributed by atoms with Gasteiger partial charge >= 0.3 is 0 Å². The summed E-state index contributed by atoms with van der Waals surface area (Å²) >= 11 is 0. The Morgan fingerprint density at radius 1 is 1.21 bits per heavy atom. The highest BCUT2D eigenvalue weighted by atomic mass is 32.2. The van der Waals surface area contributed by atoms with Gasteiger partial charge in [-0.25, -0.2) is 8.42 Å². The summed E-state index contributed by atoms with van der Waals surface area (Å²) in [5, 5.41) is 13.6. The lowest BCUT2D eigenvalue weighted by Crippen LogP contribution is -2.45. The van der Waals surface area contributed by atoms with Crippen molar-refractivity contribution in [1.82, 2.24) is 0 Å². The zero-order valence-electron chi connectivity index (χ0n) is 15.9. The number of anilines is 2. The zero-order chi connectivity index (χ0) is 21.9. The van der Waals surface area contributed by atoms with Crippen LogP contribution in [-0.4, -0.2) is 37.5 Å². The Morgan fingerprint density at radius 3 is 2.38 bits per heavy atom. The summed E-state index contributed by atoms with van der Waals surface area (Å²) in [6.07, 6.45) is 0.895. The van der Waals surface area contributed by atoms with Gasteiger partial charge in [-0.15, -0.1) is 0 Å². The number of rotatable bonds is 7. The van der Waals surface area contributed by atoms with Crippen LogP contribution in [0.25, 0.3) is 0 Å². The van der Waals surface area contributed by atoms with Crippen molar-refractivity contribution in [3.05, 3.63) is 63.7 Å². The standard InChI is InChI=1S/C18H20N4O6S/c1-11-8-9-13(22(25)26)10-16(11)21(29(3,27)28)12(2)18(24)20-15-7-5-4-6-14(15)17(19)23/h4-10,12H,1-3H3,(H2,19,23)(H,20,24). The van der Waals surface area contributed by atoms with Crippen molar-refractivity contribution in [3.63, 3.8) is 0 Å². The number of benzene rings is 2. The van der Waals surface area contributed by atoms with Crippen molar-refractivity contribution in [2.45, 2.75) is 19.9 Å². The van der Waals surface area contributed by atoms with Crippen LogP contribution in [0.1, 0.15) is 22.8 Å². The molecule has 0 aliphatic rings.